The fourth-order valence-electron chi connectivity index (χ4n) is 2.85. The fourth-order valence-corrected chi connectivity index (χ4v) is 3.62. The Bertz CT molecular complexity index is 671. The lowest BCUT2D eigenvalue weighted by molar-refractivity contribution is 0.0792. The number of hydrogen-bond acceptors (Lipinski definition) is 5. The minimum absolute atomic E-state index is 0.0746. The van der Waals surface area contributed by atoms with Crippen molar-refractivity contribution in [2.45, 2.75) is 38.8 Å². The molecule has 1 aliphatic heterocycles. The topological polar surface area (TPSA) is 67.4 Å². The van der Waals surface area contributed by atoms with E-state index in [2.05, 4.69) is 15.3 Å². The van der Waals surface area contributed by atoms with Gasteiger partial charge in [-0.1, -0.05) is 6.07 Å². The molecular formula is C18H24N4O2S. The summed E-state index contributed by atoms with van der Waals surface area (Å²) < 4.78 is 5.70. The van der Waals surface area contributed by atoms with Crippen LogP contribution >= 0.6 is 11.3 Å². The van der Waals surface area contributed by atoms with Crippen molar-refractivity contribution >= 4 is 17.4 Å². The third-order valence-corrected chi connectivity index (χ3v) is 5.12. The second-order valence-corrected chi connectivity index (χ2v) is 7.14. The summed E-state index contributed by atoms with van der Waals surface area (Å²) in [6.07, 6.45) is 4.69. The number of amides is 2. The van der Waals surface area contributed by atoms with Gasteiger partial charge in [-0.05, 0) is 31.9 Å². The normalized spacial score (nSPS) is 16.8. The van der Waals surface area contributed by atoms with E-state index in [0.717, 1.165) is 42.3 Å². The van der Waals surface area contributed by atoms with E-state index in [9.17, 15) is 4.79 Å². The largest absolute Gasteiger partial charge is 0.376 e. The molecule has 0 bridgehead atoms. The van der Waals surface area contributed by atoms with Crippen LogP contribution in [-0.2, 0) is 17.7 Å². The number of carbonyl (C=O) groups excluding carboxylic acids is 1. The van der Waals surface area contributed by atoms with Crippen molar-refractivity contribution in [2.24, 2.45) is 0 Å². The molecular weight excluding hydrogens is 336 g/mol. The summed E-state index contributed by atoms with van der Waals surface area (Å²) in [6.45, 7) is 4.43. The van der Waals surface area contributed by atoms with Crippen LogP contribution in [-0.4, -0.2) is 46.7 Å². The predicted octanol–water partition coefficient (Wildman–Crippen LogP) is 2.78. The third kappa shape index (κ3) is 5.51. The number of thiazole rings is 1. The Kier molecular flexibility index (Phi) is 6.36. The molecule has 0 radical (unpaired) electrons. The first kappa shape index (κ1) is 17.8. The van der Waals surface area contributed by atoms with Gasteiger partial charge in [-0.3, -0.25) is 4.98 Å². The quantitative estimate of drug-likeness (QED) is 0.824. The molecule has 0 aromatic carbocycles. The van der Waals surface area contributed by atoms with Gasteiger partial charge in [0, 0.05) is 43.4 Å². The summed E-state index contributed by atoms with van der Waals surface area (Å²) in [5.74, 6) is 0. The summed E-state index contributed by atoms with van der Waals surface area (Å²) in [7, 11) is 0. The number of aryl methyl sites for hydroxylation is 1. The Labute approximate surface area is 152 Å². The van der Waals surface area contributed by atoms with Crippen LogP contribution in [0, 0.1) is 6.92 Å². The van der Waals surface area contributed by atoms with Crippen LogP contribution in [0.3, 0.4) is 0 Å². The number of carbonyl (C=O) groups is 1. The zero-order chi connectivity index (χ0) is 17.5. The number of nitrogens with zero attached hydrogens (tertiary/aromatic N) is 3. The van der Waals surface area contributed by atoms with E-state index in [1.165, 1.54) is 0 Å². The van der Waals surface area contributed by atoms with Crippen LogP contribution in [0.1, 0.15) is 29.2 Å². The highest BCUT2D eigenvalue weighted by atomic mass is 32.1. The lowest BCUT2D eigenvalue weighted by atomic mass is 10.2. The van der Waals surface area contributed by atoms with E-state index >= 15 is 0 Å². The molecule has 1 atom stereocenters. The highest BCUT2D eigenvalue weighted by Gasteiger charge is 2.23. The standard InChI is InChI=1S/C18H24N4O2S/c1-14-13-25-17(21-14)7-9-20-18(23)22(12-16-6-4-10-24-16)11-15-5-2-3-8-19-15/h2-3,5,8,13,16H,4,6-7,9-12H2,1H3,(H,20,23)/t16-/m1/s1. The van der Waals surface area contributed by atoms with Crippen molar-refractivity contribution in [3.63, 3.8) is 0 Å². The average Bonchev–Trinajstić information content (AvgIpc) is 3.27. The number of ether oxygens (including phenoxy) is 1. The van der Waals surface area contributed by atoms with Crippen molar-refractivity contribution in [2.75, 3.05) is 19.7 Å². The van der Waals surface area contributed by atoms with Crippen molar-refractivity contribution in [1.82, 2.24) is 20.2 Å². The summed E-state index contributed by atoms with van der Waals surface area (Å²) >= 11 is 1.63. The zero-order valence-electron chi connectivity index (χ0n) is 14.5. The maximum Gasteiger partial charge on any atom is 0.317 e. The molecule has 1 saturated heterocycles. The minimum atomic E-state index is -0.0746. The zero-order valence-corrected chi connectivity index (χ0v) is 15.3. The Balaban J connectivity index is 1.55. The van der Waals surface area contributed by atoms with Gasteiger partial charge in [-0.25, -0.2) is 9.78 Å². The van der Waals surface area contributed by atoms with Gasteiger partial charge in [0.25, 0.3) is 0 Å². The van der Waals surface area contributed by atoms with Gasteiger partial charge in [-0.15, -0.1) is 11.3 Å². The molecule has 2 amide bonds. The van der Waals surface area contributed by atoms with E-state index in [4.69, 9.17) is 4.74 Å². The summed E-state index contributed by atoms with van der Waals surface area (Å²) in [5, 5.41) is 6.08. The lowest BCUT2D eigenvalue weighted by Crippen LogP contribution is -2.44. The molecule has 25 heavy (non-hydrogen) atoms. The van der Waals surface area contributed by atoms with Crippen molar-refractivity contribution in [3.8, 4) is 0 Å². The molecule has 2 aromatic rings. The molecule has 0 aliphatic carbocycles. The Morgan fingerprint density at radius 1 is 1.48 bits per heavy atom. The van der Waals surface area contributed by atoms with Crippen molar-refractivity contribution < 1.29 is 9.53 Å². The molecule has 1 aliphatic rings. The maximum absolute atomic E-state index is 12.6. The maximum atomic E-state index is 12.6. The summed E-state index contributed by atoms with van der Waals surface area (Å²) in [4.78, 5) is 23.2. The van der Waals surface area contributed by atoms with Gasteiger partial charge in [0.05, 0.1) is 23.4 Å². The molecule has 1 N–H and O–H groups in total. The molecule has 1 fully saturated rings. The molecule has 0 unspecified atom stereocenters. The Hall–Kier alpha value is -1.99. The van der Waals surface area contributed by atoms with Crippen LogP contribution in [0.15, 0.2) is 29.8 Å². The number of urea groups is 1. The van der Waals surface area contributed by atoms with E-state index in [0.29, 0.717) is 19.6 Å². The molecule has 6 nitrogen and oxygen atoms in total. The number of hydrogen-bond donors (Lipinski definition) is 1. The van der Waals surface area contributed by atoms with Gasteiger partial charge in [0.15, 0.2) is 0 Å². The van der Waals surface area contributed by atoms with Crippen LogP contribution in [0.2, 0.25) is 0 Å². The van der Waals surface area contributed by atoms with E-state index in [1.807, 2.05) is 30.5 Å². The van der Waals surface area contributed by atoms with E-state index in [-0.39, 0.29) is 12.1 Å². The molecule has 3 heterocycles. The number of pyridine rings is 1. The second-order valence-electron chi connectivity index (χ2n) is 6.20. The van der Waals surface area contributed by atoms with Gasteiger partial charge < -0.3 is 15.0 Å². The van der Waals surface area contributed by atoms with Crippen molar-refractivity contribution in [1.29, 1.82) is 0 Å². The number of rotatable bonds is 7. The first-order valence-corrected chi connectivity index (χ1v) is 9.54. The SMILES string of the molecule is Cc1csc(CCNC(=O)N(Cc2ccccn2)C[C@H]2CCCO2)n1. The van der Waals surface area contributed by atoms with E-state index in [1.54, 1.807) is 22.4 Å². The van der Waals surface area contributed by atoms with Gasteiger partial charge in [-0.2, -0.15) is 0 Å². The number of nitrogens with one attached hydrogen (secondary N) is 1. The monoisotopic (exact) mass is 360 g/mol. The average molecular weight is 360 g/mol. The molecule has 7 heteroatoms. The first-order valence-electron chi connectivity index (χ1n) is 8.66. The van der Waals surface area contributed by atoms with Gasteiger partial charge in [0.2, 0.25) is 0 Å². The van der Waals surface area contributed by atoms with Crippen molar-refractivity contribution in [3.05, 3.63) is 46.2 Å². The number of aromatic nitrogens is 2. The van der Waals surface area contributed by atoms with Crippen LogP contribution in [0.5, 0.6) is 0 Å². The van der Waals surface area contributed by atoms with Crippen LogP contribution in [0.25, 0.3) is 0 Å². The van der Waals surface area contributed by atoms with E-state index < -0.39 is 0 Å². The Morgan fingerprint density at radius 3 is 3.08 bits per heavy atom. The summed E-state index contributed by atoms with van der Waals surface area (Å²) in [6, 6.07) is 5.68. The molecule has 0 saturated carbocycles. The van der Waals surface area contributed by atoms with Gasteiger partial charge >= 0.3 is 6.03 Å². The smallest absolute Gasteiger partial charge is 0.317 e. The fraction of sp³-hybridized carbons (Fsp3) is 0.500. The predicted molar refractivity (Wildman–Crippen MR) is 97.6 cm³/mol. The molecule has 3 rings (SSSR count). The van der Waals surface area contributed by atoms with Crippen LogP contribution in [0.4, 0.5) is 4.79 Å². The third-order valence-electron chi connectivity index (χ3n) is 4.10. The highest BCUT2D eigenvalue weighted by molar-refractivity contribution is 7.09. The molecule has 2 aromatic heterocycles. The lowest BCUT2D eigenvalue weighted by Gasteiger charge is -2.25. The Morgan fingerprint density at radius 2 is 2.40 bits per heavy atom. The summed E-state index contributed by atoms with van der Waals surface area (Å²) in [5.41, 5.74) is 1.91. The molecule has 0 spiro atoms. The minimum Gasteiger partial charge on any atom is -0.376 e. The van der Waals surface area contributed by atoms with Gasteiger partial charge in [0.1, 0.15) is 0 Å². The second kappa shape index (κ2) is 8.92. The first-order chi connectivity index (χ1) is 12.2. The van der Waals surface area contributed by atoms with Crippen LogP contribution < -0.4 is 5.32 Å². The highest BCUT2D eigenvalue weighted by Crippen LogP contribution is 2.15. The molecule has 134 valence electrons.